The van der Waals surface area contributed by atoms with Gasteiger partial charge in [-0.2, -0.15) is 0 Å². The van der Waals surface area contributed by atoms with Gasteiger partial charge in [0.05, 0.1) is 12.1 Å². The molecule has 2 bridgehead atoms. The summed E-state index contributed by atoms with van der Waals surface area (Å²) in [5.41, 5.74) is -0.562. The molecule has 0 aromatic heterocycles. The number of ketones is 1. The van der Waals surface area contributed by atoms with Crippen LogP contribution in [-0.2, 0) is 14.3 Å². The minimum atomic E-state index is -0.562. The number of piperidine rings is 1. The van der Waals surface area contributed by atoms with Crippen molar-refractivity contribution >= 4 is 17.8 Å². The van der Waals surface area contributed by atoms with Crippen molar-refractivity contribution in [1.82, 2.24) is 9.80 Å². The standard InChI is InChI=1S/C14H22N2O4/c1-9(17)15-7-10-5-12(18)6-11(8-15)16(10)13(19)20-14(2,3)4/h10-11H,5-8H2,1-4H3. The summed E-state index contributed by atoms with van der Waals surface area (Å²) in [5.74, 6) is 0.140. The van der Waals surface area contributed by atoms with Gasteiger partial charge in [-0.3, -0.25) is 14.5 Å². The van der Waals surface area contributed by atoms with Crippen LogP contribution in [0, 0.1) is 0 Å². The number of Topliss-reactive ketones (excluding diaryl/α,β-unsaturated/α-hetero) is 1. The number of likely N-dealkylation sites (tertiary alicyclic amines) is 1. The average Bonchev–Trinajstić information content (AvgIpc) is 2.23. The van der Waals surface area contributed by atoms with Gasteiger partial charge in [-0.15, -0.1) is 0 Å². The molecule has 6 nitrogen and oxygen atoms in total. The molecule has 0 saturated carbocycles. The number of ether oxygens (including phenoxy) is 1. The summed E-state index contributed by atoms with van der Waals surface area (Å²) in [7, 11) is 0. The molecule has 2 aliphatic rings. The first-order chi connectivity index (χ1) is 9.17. The highest BCUT2D eigenvalue weighted by Gasteiger charge is 2.45. The van der Waals surface area contributed by atoms with Gasteiger partial charge in [-0.1, -0.05) is 0 Å². The highest BCUT2D eigenvalue weighted by atomic mass is 16.6. The minimum Gasteiger partial charge on any atom is -0.444 e. The van der Waals surface area contributed by atoms with Gasteiger partial charge in [0, 0.05) is 32.9 Å². The highest BCUT2D eigenvalue weighted by Crippen LogP contribution is 2.28. The van der Waals surface area contributed by atoms with E-state index >= 15 is 0 Å². The van der Waals surface area contributed by atoms with Gasteiger partial charge >= 0.3 is 6.09 Å². The second-order valence-corrected chi connectivity index (χ2v) is 6.57. The second kappa shape index (κ2) is 5.07. The van der Waals surface area contributed by atoms with Gasteiger partial charge in [0.25, 0.3) is 0 Å². The molecule has 20 heavy (non-hydrogen) atoms. The molecule has 2 heterocycles. The van der Waals surface area contributed by atoms with E-state index in [-0.39, 0.29) is 29.9 Å². The lowest BCUT2D eigenvalue weighted by molar-refractivity contribution is -0.140. The van der Waals surface area contributed by atoms with Crippen LogP contribution in [0.4, 0.5) is 4.79 Å². The first-order valence-electron chi connectivity index (χ1n) is 6.96. The van der Waals surface area contributed by atoms with Crippen LogP contribution >= 0.6 is 0 Å². The van der Waals surface area contributed by atoms with E-state index in [9.17, 15) is 14.4 Å². The zero-order chi connectivity index (χ0) is 15.1. The van der Waals surface area contributed by atoms with Gasteiger partial charge in [0.1, 0.15) is 11.4 Å². The molecule has 0 spiro atoms. The van der Waals surface area contributed by atoms with Crippen LogP contribution in [0.5, 0.6) is 0 Å². The van der Waals surface area contributed by atoms with E-state index in [1.54, 1.807) is 9.80 Å². The molecule has 0 aromatic rings. The minimum absolute atomic E-state index is 0.0156. The maximum absolute atomic E-state index is 12.3. The Balaban J connectivity index is 2.16. The Bertz CT molecular complexity index is 423. The topological polar surface area (TPSA) is 66.9 Å². The van der Waals surface area contributed by atoms with Crippen molar-refractivity contribution in [2.45, 2.75) is 58.2 Å². The van der Waals surface area contributed by atoms with Gasteiger partial charge in [-0.25, -0.2) is 4.79 Å². The van der Waals surface area contributed by atoms with Crippen molar-refractivity contribution in [3.8, 4) is 0 Å². The molecule has 2 amide bonds. The zero-order valence-corrected chi connectivity index (χ0v) is 12.5. The van der Waals surface area contributed by atoms with E-state index in [2.05, 4.69) is 0 Å². The fourth-order valence-electron chi connectivity index (χ4n) is 2.86. The molecular weight excluding hydrogens is 260 g/mol. The van der Waals surface area contributed by atoms with E-state index in [0.717, 1.165) is 0 Å². The maximum Gasteiger partial charge on any atom is 0.410 e. The lowest BCUT2D eigenvalue weighted by atomic mass is 9.90. The third-order valence-corrected chi connectivity index (χ3v) is 3.63. The Hall–Kier alpha value is -1.59. The number of fused-ring (bicyclic) bond motifs is 2. The predicted octanol–water partition coefficient (Wildman–Crippen LogP) is 1.19. The normalized spacial score (nSPS) is 26.5. The molecule has 2 atom stereocenters. The van der Waals surface area contributed by atoms with Crippen molar-refractivity contribution in [2.24, 2.45) is 0 Å². The summed E-state index contributed by atoms with van der Waals surface area (Å²) >= 11 is 0. The van der Waals surface area contributed by atoms with Gasteiger partial charge in [0.2, 0.25) is 5.91 Å². The van der Waals surface area contributed by atoms with E-state index in [0.29, 0.717) is 25.9 Å². The maximum atomic E-state index is 12.3. The van der Waals surface area contributed by atoms with Crippen molar-refractivity contribution < 1.29 is 19.1 Å². The predicted molar refractivity (Wildman–Crippen MR) is 72.1 cm³/mol. The van der Waals surface area contributed by atoms with E-state index in [1.807, 2.05) is 20.8 Å². The number of hydrogen-bond donors (Lipinski definition) is 0. The van der Waals surface area contributed by atoms with Crippen LogP contribution in [0.1, 0.15) is 40.5 Å². The second-order valence-electron chi connectivity index (χ2n) is 6.57. The van der Waals surface area contributed by atoms with Crippen LogP contribution in [0.3, 0.4) is 0 Å². The fraction of sp³-hybridized carbons (Fsp3) is 0.786. The van der Waals surface area contributed by atoms with Crippen molar-refractivity contribution in [3.05, 3.63) is 0 Å². The Morgan fingerprint density at radius 2 is 1.65 bits per heavy atom. The summed E-state index contributed by atoms with van der Waals surface area (Å²) < 4.78 is 5.42. The van der Waals surface area contributed by atoms with Crippen molar-refractivity contribution in [1.29, 1.82) is 0 Å². The SMILES string of the molecule is CC(=O)N1CC2CC(=O)CC(C1)N2C(=O)OC(C)(C)C. The smallest absolute Gasteiger partial charge is 0.410 e. The molecule has 112 valence electrons. The van der Waals surface area contributed by atoms with Crippen LogP contribution in [0.25, 0.3) is 0 Å². The molecule has 0 aromatic carbocycles. The number of nitrogens with zero attached hydrogens (tertiary/aromatic N) is 2. The summed E-state index contributed by atoms with van der Waals surface area (Å²) in [6.07, 6.45) is 0.224. The van der Waals surface area contributed by atoms with Gasteiger partial charge in [0.15, 0.2) is 0 Å². The molecule has 0 N–H and O–H groups in total. The number of amides is 2. The number of piperazine rings is 1. The van der Waals surface area contributed by atoms with Gasteiger partial charge < -0.3 is 9.64 Å². The Kier molecular flexibility index (Phi) is 3.75. The summed E-state index contributed by atoms with van der Waals surface area (Å²) in [4.78, 5) is 38.9. The van der Waals surface area contributed by atoms with E-state index in [1.165, 1.54) is 6.92 Å². The molecule has 2 fully saturated rings. The van der Waals surface area contributed by atoms with Crippen LogP contribution in [0.2, 0.25) is 0 Å². The molecule has 2 unspecified atom stereocenters. The van der Waals surface area contributed by atoms with Crippen LogP contribution in [0.15, 0.2) is 0 Å². The Morgan fingerprint density at radius 1 is 1.15 bits per heavy atom. The van der Waals surface area contributed by atoms with Gasteiger partial charge in [-0.05, 0) is 20.8 Å². The Morgan fingerprint density at radius 3 is 2.05 bits per heavy atom. The molecule has 6 heteroatoms. The summed E-state index contributed by atoms with van der Waals surface area (Å²) in [6.45, 7) is 7.79. The van der Waals surface area contributed by atoms with E-state index < -0.39 is 5.60 Å². The van der Waals surface area contributed by atoms with Crippen molar-refractivity contribution in [3.63, 3.8) is 0 Å². The van der Waals surface area contributed by atoms with Crippen LogP contribution < -0.4 is 0 Å². The molecule has 0 aliphatic carbocycles. The van der Waals surface area contributed by atoms with Crippen LogP contribution in [-0.4, -0.2) is 58.4 Å². The molecular formula is C14H22N2O4. The lowest BCUT2D eigenvalue weighted by Crippen LogP contribution is -2.65. The third-order valence-electron chi connectivity index (χ3n) is 3.63. The quantitative estimate of drug-likeness (QED) is 0.669. The Labute approximate surface area is 119 Å². The zero-order valence-electron chi connectivity index (χ0n) is 12.5. The molecule has 2 saturated heterocycles. The number of carbonyl (C=O) groups excluding carboxylic acids is 3. The molecule has 0 radical (unpaired) electrons. The first-order valence-corrected chi connectivity index (χ1v) is 6.96. The summed E-state index contributed by atoms with van der Waals surface area (Å²) in [5, 5.41) is 0. The van der Waals surface area contributed by atoms with Crippen molar-refractivity contribution in [2.75, 3.05) is 13.1 Å². The number of carbonyl (C=O) groups is 3. The molecule has 2 rings (SSSR count). The number of hydrogen-bond acceptors (Lipinski definition) is 4. The average molecular weight is 282 g/mol. The summed E-state index contributed by atoms with van der Waals surface area (Å²) in [6, 6.07) is -0.512. The monoisotopic (exact) mass is 282 g/mol. The largest absolute Gasteiger partial charge is 0.444 e. The number of rotatable bonds is 0. The lowest BCUT2D eigenvalue weighted by Gasteiger charge is -2.49. The third kappa shape index (κ3) is 3.11. The molecule has 2 aliphatic heterocycles. The fourth-order valence-corrected chi connectivity index (χ4v) is 2.86. The highest BCUT2D eigenvalue weighted by molar-refractivity contribution is 5.84. The van der Waals surface area contributed by atoms with E-state index in [4.69, 9.17) is 4.74 Å². The first kappa shape index (κ1) is 14.8.